The molecule has 0 aliphatic rings. The minimum atomic E-state index is -0.492. The average molecular weight is 601 g/mol. The largest absolute Gasteiger partial charge is 0.325 e. The van der Waals surface area contributed by atoms with Gasteiger partial charge >= 0.3 is 0 Å². The quantitative estimate of drug-likeness (QED) is 0.0744. The van der Waals surface area contributed by atoms with E-state index in [1.165, 1.54) is 41.3 Å². The molecule has 0 spiro atoms. The fourth-order valence-corrected chi connectivity index (χ4v) is 5.58. The Hall–Kier alpha value is -4.74. The van der Waals surface area contributed by atoms with E-state index >= 15 is 0 Å². The molecule has 4 rings (SSSR count). The first-order valence-electron chi connectivity index (χ1n) is 13.0. The van der Waals surface area contributed by atoms with Gasteiger partial charge in [-0.2, -0.15) is 0 Å². The molecule has 42 heavy (non-hydrogen) atoms. The highest BCUT2D eigenvalue weighted by atomic mass is 32.2. The third-order valence-corrected chi connectivity index (χ3v) is 8.25. The SMILES string of the molecule is CCC(Sc1cccc(NC(=O)/C(=C/c2cccs2)NC(=O)c2ccccc2)c1)C(=O)Nc1ccc([N+](=O)[O-])cc1C. The Balaban J connectivity index is 1.46. The Labute approximate surface area is 251 Å². The van der Waals surface area contributed by atoms with Crippen molar-refractivity contribution in [3.63, 3.8) is 0 Å². The van der Waals surface area contributed by atoms with Gasteiger partial charge in [0.05, 0.1) is 10.2 Å². The highest BCUT2D eigenvalue weighted by Gasteiger charge is 2.20. The third-order valence-electron chi connectivity index (χ3n) is 6.07. The van der Waals surface area contributed by atoms with E-state index in [4.69, 9.17) is 0 Å². The van der Waals surface area contributed by atoms with Gasteiger partial charge in [-0.1, -0.05) is 37.3 Å². The van der Waals surface area contributed by atoms with E-state index in [0.29, 0.717) is 28.9 Å². The number of hydrogen-bond donors (Lipinski definition) is 3. The van der Waals surface area contributed by atoms with Crippen LogP contribution in [0.25, 0.3) is 6.08 Å². The predicted molar refractivity (Wildman–Crippen MR) is 168 cm³/mol. The summed E-state index contributed by atoms with van der Waals surface area (Å²) in [4.78, 5) is 51.3. The topological polar surface area (TPSA) is 130 Å². The Morgan fingerprint density at radius 1 is 0.976 bits per heavy atom. The smallest absolute Gasteiger partial charge is 0.272 e. The molecular formula is C31H28N4O5S2. The minimum absolute atomic E-state index is 0.0428. The molecule has 0 bridgehead atoms. The summed E-state index contributed by atoms with van der Waals surface area (Å²) in [5.74, 6) is -1.13. The van der Waals surface area contributed by atoms with E-state index in [1.807, 2.05) is 30.5 Å². The van der Waals surface area contributed by atoms with E-state index in [2.05, 4.69) is 16.0 Å². The number of non-ortho nitro benzene ring substituents is 1. The normalized spacial score (nSPS) is 11.8. The van der Waals surface area contributed by atoms with Crippen LogP contribution in [0.4, 0.5) is 17.1 Å². The number of benzene rings is 3. The van der Waals surface area contributed by atoms with Crippen molar-refractivity contribution in [2.75, 3.05) is 10.6 Å². The zero-order chi connectivity index (χ0) is 30.1. The van der Waals surface area contributed by atoms with Gasteiger partial charge in [-0.15, -0.1) is 23.1 Å². The Morgan fingerprint density at radius 2 is 1.76 bits per heavy atom. The zero-order valence-electron chi connectivity index (χ0n) is 22.8. The molecule has 214 valence electrons. The highest BCUT2D eigenvalue weighted by Crippen LogP contribution is 2.30. The van der Waals surface area contributed by atoms with Crippen molar-refractivity contribution in [2.45, 2.75) is 30.4 Å². The molecule has 3 amide bonds. The molecule has 0 saturated carbocycles. The van der Waals surface area contributed by atoms with Crippen LogP contribution in [0.3, 0.4) is 0 Å². The summed E-state index contributed by atoms with van der Waals surface area (Å²) < 4.78 is 0. The van der Waals surface area contributed by atoms with Crippen LogP contribution in [0.5, 0.6) is 0 Å². The first-order valence-corrected chi connectivity index (χ1v) is 14.7. The first-order chi connectivity index (χ1) is 20.2. The van der Waals surface area contributed by atoms with Crippen LogP contribution >= 0.6 is 23.1 Å². The van der Waals surface area contributed by atoms with E-state index < -0.39 is 22.0 Å². The number of thioether (sulfide) groups is 1. The standard InChI is InChI=1S/C31H28N4O5S2/c1-3-28(31(38)33-26-15-14-23(35(39)40)17-20(26)2)42-25-12-7-11-22(18-25)32-30(37)27(19-24-13-8-16-41-24)34-29(36)21-9-5-4-6-10-21/h4-19,28H,3H2,1-2H3,(H,32,37)(H,33,38)(H,34,36)/b27-19-. The zero-order valence-corrected chi connectivity index (χ0v) is 24.5. The van der Waals surface area contributed by atoms with Gasteiger partial charge in [-0.25, -0.2) is 0 Å². The monoisotopic (exact) mass is 600 g/mol. The lowest BCUT2D eigenvalue weighted by molar-refractivity contribution is -0.384. The number of hydrogen-bond acceptors (Lipinski definition) is 7. The predicted octanol–water partition coefficient (Wildman–Crippen LogP) is 6.88. The van der Waals surface area contributed by atoms with Gasteiger partial charge in [0, 0.05) is 38.8 Å². The summed E-state index contributed by atoms with van der Waals surface area (Å²) in [6, 6.07) is 23.7. The number of nitrogens with one attached hydrogen (secondary N) is 3. The lowest BCUT2D eigenvalue weighted by atomic mass is 10.1. The summed E-state index contributed by atoms with van der Waals surface area (Å²) in [5, 5.41) is 20.9. The first kappa shape index (κ1) is 30.2. The number of thiophene rings is 1. The molecule has 3 N–H and O–H groups in total. The van der Waals surface area contributed by atoms with Gasteiger partial charge < -0.3 is 16.0 Å². The number of nitro groups is 1. The fourth-order valence-electron chi connectivity index (χ4n) is 3.91. The number of nitrogens with zero attached hydrogens (tertiary/aromatic N) is 1. The number of amides is 3. The summed E-state index contributed by atoms with van der Waals surface area (Å²) in [5.41, 5.74) is 2.07. The van der Waals surface area contributed by atoms with Gasteiger partial charge in [-0.05, 0) is 72.8 Å². The van der Waals surface area contributed by atoms with Gasteiger partial charge in [0.15, 0.2) is 0 Å². The molecule has 0 aliphatic carbocycles. The van der Waals surface area contributed by atoms with Crippen molar-refractivity contribution in [3.05, 3.63) is 122 Å². The van der Waals surface area contributed by atoms with Crippen LogP contribution in [-0.4, -0.2) is 27.9 Å². The fraction of sp³-hybridized carbons (Fsp3) is 0.129. The maximum absolute atomic E-state index is 13.3. The van der Waals surface area contributed by atoms with Crippen LogP contribution in [0.1, 0.15) is 34.1 Å². The number of anilines is 2. The molecule has 0 radical (unpaired) electrons. The molecule has 0 fully saturated rings. The van der Waals surface area contributed by atoms with Crippen molar-refractivity contribution < 1.29 is 19.3 Å². The van der Waals surface area contributed by atoms with Gasteiger partial charge in [0.25, 0.3) is 17.5 Å². The van der Waals surface area contributed by atoms with Crippen molar-refractivity contribution in [2.24, 2.45) is 0 Å². The Morgan fingerprint density at radius 3 is 2.43 bits per heavy atom. The molecule has 4 aromatic rings. The van der Waals surface area contributed by atoms with Crippen LogP contribution in [0.15, 0.2) is 101 Å². The number of carbonyl (C=O) groups excluding carboxylic acids is 3. The second-order valence-electron chi connectivity index (χ2n) is 9.14. The molecule has 1 aromatic heterocycles. The van der Waals surface area contributed by atoms with Gasteiger partial charge in [0.1, 0.15) is 5.70 Å². The minimum Gasteiger partial charge on any atom is -0.325 e. The van der Waals surface area contributed by atoms with E-state index in [1.54, 1.807) is 61.5 Å². The van der Waals surface area contributed by atoms with Gasteiger partial charge in [0.2, 0.25) is 5.91 Å². The third kappa shape index (κ3) is 8.15. The van der Waals surface area contributed by atoms with Crippen LogP contribution in [-0.2, 0) is 9.59 Å². The molecule has 0 saturated heterocycles. The summed E-state index contributed by atoms with van der Waals surface area (Å²) in [6.07, 6.45) is 2.15. The maximum Gasteiger partial charge on any atom is 0.272 e. The van der Waals surface area contributed by atoms with Crippen molar-refractivity contribution in [1.82, 2.24) is 5.32 Å². The molecule has 1 unspecified atom stereocenters. The highest BCUT2D eigenvalue weighted by molar-refractivity contribution is 8.00. The molecule has 1 atom stereocenters. The summed E-state index contributed by atoms with van der Waals surface area (Å²) in [7, 11) is 0. The average Bonchev–Trinajstić information content (AvgIpc) is 3.50. The van der Waals surface area contributed by atoms with Crippen molar-refractivity contribution >= 4 is 64.0 Å². The summed E-state index contributed by atoms with van der Waals surface area (Å²) >= 11 is 2.77. The lowest BCUT2D eigenvalue weighted by Gasteiger charge is -2.17. The molecular weight excluding hydrogens is 572 g/mol. The molecule has 11 heteroatoms. The van der Waals surface area contributed by atoms with E-state index in [-0.39, 0.29) is 17.3 Å². The molecule has 3 aromatic carbocycles. The van der Waals surface area contributed by atoms with Crippen molar-refractivity contribution in [1.29, 1.82) is 0 Å². The molecule has 0 aliphatic heterocycles. The Kier molecular flexibility index (Phi) is 10.2. The molecule has 1 heterocycles. The lowest BCUT2D eigenvalue weighted by Crippen LogP contribution is -2.30. The number of rotatable bonds is 11. The van der Waals surface area contributed by atoms with Crippen LogP contribution in [0.2, 0.25) is 0 Å². The molecule has 9 nitrogen and oxygen atoms in total. The van der Waals surface area contributed by atoms with Crippen LogP contribution < -0.4 is 16.0 Å². The number of carbonyl (C=O) groups is 3. The van der Waals surface area contributed by atoms with Crippen LogP contribution in [0, 0.1) is 17.0 Å². The second-order valence-corrected chi connectivity index (χ2v) is 11.4. The van der Waals surface area contributed by atoms with E-state index in [9.17, 15) is 24.5 Å². The number of nitro benzene ring substituents is 1. The van der Waals surface area contributed by atoms with E-state index in [0.717, 1.165) is 9.77 Å². The summed E-state index contributed by atoms with van der Waals surface area (Å²) in [6.45, 7) is 3.59. The second kappa shape index (κ2) is 14.2. The maximum atomic E-state index is 13.3. The number of aryl methyl sites for hydroxylation is 1. The van der Waals surface area contributed by atoms with Crippen molar-refractivity contribution in [3.8, 4) is 0 Å². The Bertz CT molecular complexity index is 1620. The van der Waals surface area contributed by atoms with Gasteiger partial charge in [-0.3, -0.25) is 24.5 Å².